The Morgan fingerprint density at radius 2 is 1.69 bits per heavy atom. The molecule has 3 aromatic rings. The van der Waals surface area contributed by atoms with Gasteiger partial charge in [-0.15, -0.1) is 0 Å². The van der Waals surface area contributed by atoms with Crippen LogP contribution < -0.4 is 14.2 Å². The van der Waals surface area contributed by atoms with Crippen molar-refractivity contribution in [3.8, 4) is 17.6 Å². The van der Waals surface area contributed by atoms with Crippen LogP contribution in [0.1, 0.15) is 11.1 Å². The Hall–Kier alpha value is -4.09. The Balaban J connectivity index is 1.79. The number of methoxy groups -OCH3 is 1. The number of carbonyl (C=O) groups excluding carboxylic acids is 1. The van der Waals surface area contributed by atoms with Gasteiger partial charge in [0.15, 0.2) is 0 Å². The van der Waals surface area contributed by atoms with E-state index < -0.39 is 16.0 Å². The molecule has 0 spiro atoms. The monoisotopic (exact) mass is 448 g/mol. The molecule has 0 aliphatic rings. The molecule has 0 radical (unpaired) electrons. The third kappa shape index (κ3) is 5.74. The van der Waals surface area contributed by atoms with Crippen LogP contribution in [0.5, 0.6) is 11.5 Å². The summed E-state index contributed by atoms with van der Waals surface area (Å²) in [5.74, 6) is -0.0108. The highest BCUT2D eigenvalue weighted by atomic mass is 32.2. The zero-order chi connectivity index (χ0) is 23.1. The number of nitriles is 1. The zero-order valence-electron chi connectivity index (χ0n) is 17.4. The molecule has 0 aromatic heterocycles. The predicted molar refractivity (Wildman–Crippen MR) is 121 cm³/mol. The van der Waals surface area contributed by atoms with Gasteiger partial charge in [0, 0.05) is 5.69 Å². The number of anilines is 1. The van der Waals surface area contributed by atoms with Gasteiger partial charge in [0.25, 0.3) is 5.91 Å². The standard InChI is InChI=1S/C24H20N2O5S/c1-17-6-8-20(9-7-17)26-24(27)19(16-25)14-18-4-3-5-22(15-18)31-32(28,29)23-12-10-21(30-2)11-13-23/h3-15H,1-2H3,(H,26,27)/b19-14+. The van der Waals surface area contributed by atoms with Gasteiger partial charge in [-0.05, 0) is 67.1 Å². The van der Waals surface area contributed by atoms with Crippen LogP contribution in [0.3, 0.4) is 0 Å². The summed E-state index contributed by atoms with van der Waals surface area (Å²) in [6.45, 7) is 1.93. The van der Waals surface area contributed by atoms with Gasteiger partial charge in [-0.3, -0.25) is 4.79 Å². The number of aryl methyl sites for hydroxylation is 1. The minimum atomic E-state index is -4.07. The Bertz CT molecular complexity index is 1290. The summed E-state index contributed by atoms with van der Waals surface area (Å²) in [5, 5.41) is 12.1. The summed E-state index contributed by atoms with van der Waals surface area (Å²) in [6.07, 6.45) is 1.36. The molecular formula is C24H20N2O5S. The van der Waals surface area contributed by atoms with Gasteiger partial charge in [0.2, 0.25) is 0 Å². The molecule has 0 saturated carbocycles. The fourth-order valence-electron chi connectivity index (χ4n) is 2.72. The molecule has 1 amide bonds. The minimum Gasteiger partial charge on any atom is -0.497 e. The third-order valence-electron chi connectivity index (χ3n) is 4.40. The topological polar surface area (TPSA) is 105 Å². The van der Waals surface area contributed by atoms with Crippen LogP contribution in [0.4, 0.5) is 5.69 Å². The molecule has 1 N–H and O–H groups in total. The third-order valence-corrected chi connectivity index (χ3v) is 5.66. The van der Waals surface area contributed by atoms with Crippen molar-refractivity contribution in [2.24, 2.45) is 0 Å². The summed E-state index contributed by atoms with van der Waals surface area (Å²) >= 11 is 0. The van der Waals surface area contributed by atoms with E-state index in [4.69, 9.17) is 8.92 Å². The van der Waals surface area contributed by atoms with E-state index in [2.05, 4.69) is 5.32 Å². The first-order chi connectivity index (χ1) is 15.3. The van der Waals surface area contributed by atoms with E-state index in [1.165, 1.54) is 49.6 Å². The van der Waals surface area contributed by atoms with Crippen molar-refractivity contribution in [2.75, 3.05) is 12.4 Å². The van der Waals surface area contributed by atoms with E-state index >= 15 is 0 Å². The lowest BCUT2D eigenvalue weighted by molar-refractivity contribution is -0.112. The fourth-order valence-corrected chi connectivity index (χ4v) is 3.65. The first kappa shape index (κ1) is 22.6. The molecule has 0 atom stereocenters. The average molecular weight is 449 g/mol. The van der Waals surface area contributed by atoms with Crippen molar-refractivity contribution < 1.29 is 22.1 Å². The molecule has 0 saturated heterocycles. The van der Waals surface area contributed by atoms with E-state index in [1.807, 2.05) is 25.1 Å². The van der Waals surface area contributed by atoms with Crippen molar-refractivity contribution in [2.45, 2.75) is 11.8 Å². The van der Waals surface area contributed by atoms with Gasteiger partial charge >= 0.3 is 10.1 Å². The van der Waals surface area contributed by atoms with Gasteiger partial charge in [-0.2, -0.15) is 13.7 Å². The summed E-state index contributed by atoms with van der Waals surface area (Å²) < 4.78 is 35.3. The lowest BCUT2D eigenvalue weighted by Crippen LogP contribution is -2.13. The molecule has 0 aliphatic heterocycles. The summed E-state index contributed by atoms with van der Waals surface area (Å²) in [7, 11) is -2.59. The van der Waals surface area contributed by atoms with Crippen molar-refractivity contribution in [3.63, 3.8) is 0 Å². The van der Waals surface area contributed by atoms with Gasteiger partial charge in [0.05, 0.1) is 7.11 Å². The van der Waals surface area contributed by atoms with Crippen LogP contribution in [0, 0.1) is 18.3 Å². The first-order valence-corrected chi connectivity index (χ1v) is 10.9. The summed E-state index contributed by atoms with van der Waals surface area (Å²) in [5.41, 5.74) is 1.90. The van der Waals surface area contributed by atoms with Crippen LogP contribution in [-0.4, -0.2) is 21.4 Å². The SMILES string of the molecule is COc1ccc(S(=O)(=O)Oc2cccc(/C=C(\C#N)C(=O)Nc3ccc(C)cc3)c2)cc1. The van der Waals surface area contributed by atoms with Crippen LogP contribution in [-0.2, 0) is 14.9 Å². The molecule has 3 rings (SSSR count). The number of carbonyl (C=O) groups is 1. The number of amides is 1. The second kappa shape index (κ2) is 9.81. The highest BCUT2D eigenvalue weighted by Gasteiger charge is 2.17. The highest BCUT2D eigenvalue weighted by molar-refractivity contribution is 7.87. The molecule has 0 unspecified atom stereocenters. The number of nitrogens with one attached hydrogen (secondary N) is 1. The van der Waals surface area contributed by atoms with Crippen LogP contribution in [0.15, 0.2) is 83.3 Å². The van der Waals surface area contributed by atoms with Gasteiger partial charge in [-0.1, -0.05) is 29.8 Å². The Kier molecular flexibility index (Phi) is 6.93. The Morgan fingerprint density at radius 3 is 2.31 bits per heavy atom. The molecule has 0 heterocycles. The van der Waals surface area contributed by atoms with Crippen LogP contribution in [0.2, 0.25) is 0 Å². The number of rotatable bonds is 7. The first-order valence-electron chi connectivity index (χ1n) is 9.49. The van der Waals surface area contributed by atoms with E-state index in [1.54, 1.807) is 24.3 Å². The van der Waals surface area contributed by atoms with Gasteiger partial charge in [-0.25, -0.2) is 0 Å². The number of ether oxygens (including phenoxy) is 1. The molecule has 0 aliphatic carbocycles. The van der Waals surface area contributed by atoms with Crippen molar-refractivity contribution >= 4 is 27.8 Å². The molecule has 0 fully saturated rings. The molecule has 7 nitrogen and oxygen atoms in total. The maximum atomic E-state index is 12.5. The van der Waals surface area contributed by atoms with Crippen LogP contribution in [0.25, 0.3) is 6.08 Å². The van der Waals surface area contributed by atoms with Gasteiger partial charge in [0.1, 0.15) is 28.0 Å². The largest absolute Gasteiger partial charge is 0.497 e. The second-order valence-corrected chi connectivity index (χ2v) is 8.32. The maximum Gasteiger partial charge on any atom is 0.339 e. The molecule has 3 aromatic carbocycles. The molecule has 162 valence electrons. The number of hydrogen-bond acceptors (Lipinski definition) is 6. The lowest BCUT2D eigenvalue weighted by atomic mass is 10.1. The van der Waals surface area contributed by atoms with Crippen molar-refractivity contribution in [3.05, 3.63) is 89.5 Å². The number of benzene rings is 3. The van der Waals surface area contributed by atoms with E-state index in [0.717, 1.165) is 5.56 Å². The highest BCUT2D eigenvalue weighted by Crippen LogP contribution is 2.23. The summed E-state index contributed by atoms with van der Waals surface area (Å²) in [6, 6.07) is 20.9. The second-order valence-electron chi connectivity index (χ2n) is 6.78. The van der Waals surface area contributed by atoms with Gasteiger partial charge < -0.3 is 14.2 Å². The van der Waals surface area contributed by atoms with E-state index in [9.17, 15) is 18.5 Å². The lowest BCUT2D eigenvalue weighted by Gasteiger charge is -2.08. The average Bonchev–Trinajstić information content (AvgIpc) is 2.79. The van der Waals surface area contributed by atoms with Crippen molar-refractivity contribution in [1.29, 1.82) is 5.26 Å². The van der Waals surface area contributed by atoms with Crippen LogP contribution >= 0.6 is 0 Å². The minimum absolute atomic E-state index is 0.0329. The normalized spacial score (nSPS) is 11.3. The fraction of sp³-hybridized carbons (Fsp3) is 0.0833. The maximum absolute atomic E-state index is 12.5. The Labute approximate surface area is 186 Å². The van der Waals surface area contributed by atoms with E-state index in [-0.39, 0.29) is 16.2 Å². The number of nitrogens with zero attached hydrogens (tertiary/aromatic N) is 1. The Morgan fingerprint density at radius 1 is 1.00 bits per heavy atom. The molecule has 8 heteroatoms. The van der Waals surface area contributed by atoms with E-state index in [0.29, 0.717) is 17.0 Å². The molecule has 32 heavy (non-hydrogen) atoms. The number of hydrogen-bond donors (Lipinski definition) is 1. The quantitative estimate of drug-likeness (QED) is 0.328. The smallest absolute Gasteiger partial charge is 0.339 e. The van der Waals surface area contributed by atoms with Crippen molar-refractivity contribution in [1.82, 2.24) is 0 Å². The molecule has 0 bridgehead atoms. The molecular weight excluding hydrogens is 428 g/mol. The zero-order valence-corrected chi connectivity index (χ0v) is 18.2. The summed E-state index contributed by atoms with van der Waals surface area (Å²) in [4.78, 5) is 12.4. The predicted octanol–water partition coefficient (Wildman–Crippen LogP) is 4.32.